The number of ether oxygens (including phenoxy) is 4. The zero-order chi connectivity index (χ0) is 31.0. The normalized spacial score (nSPS) is 14.4. The molecule has 15 heteroatoms. The molecule has 0 aliphatic carbocycles. The topological polar surface area (TPSA) is 138 Å². The number of rotatable bonds is 9. The zero-order valence-corrected chi connectivity index (χ0v) is 24.1. The summed E-state index contributed by atoms with van der Waals surface area (Å²) in [4.78, 5) is 29.9. The van der Waals surface area contributed by atoms with Gasteiger partial charge in [0.15, 0.2) is 18.2 Å². The molecule has 2 aromatic carbocycles. The van der Waals surface area contributed by atoms with Gasteiger partial charge in [0.2, 0.25) is 11.8 Å². The van der Waals surface area contributed by atoms with Crippen LogP contribution in [0.2, 0.25) is 0 Å². The van der Waals surface area contributed by atoms with E-state index in [4.69, 9.17) is 29.0 Å². The third-order valence-electron chi connectivity index (χ3n) is 6.65. The van der Waals surface area contributed by atoms with Gasteiger partial charge in [-0.25, -0.2) is 37.9 Å². The minimum atomic E-state index is -3.40. The van der Waals surface area contributed by atoms with Crippen molar-refractivity contribution in [1.29, 1.82) is 0 Å². The molecule has 0 fully saturated rings. The first-order valence-corrected chi connectivity index (χ1v) is 14.1. The Labute approximate surface area is 251 Å². The second kappa shape index (κ2) is 11.7. The highest BCUT2D eigenvalue weighted by molar-refractivity contribution is 7.22. The average molecular weight is 628 g/mol. The molecule has 228 valence electrons. The molecule has 0 radical (unpaired) electrons. The van der Waals surface area contributed by atoms with Gasteiger partial charge in [0.05, 0.1) is 46.4 Å². The molecule has 3 aromatic heterocycles. The van der Waals surface area contributed by atoms with E-state index in [0.29, 0.717) is 33.0 Å². The highest BCUT2D eigenvalue weighted by Crippen LogP contribution is 2.43. The number of thiazole rings is 1. The van der Waals surface area contributed by atoms with Gasteiger partial charge in [-0.2, -0.15) is 0 Å². The van der Waals surface area contributed by atoms with Crippen molar-refractivity contribution in [2.75, 3.05) is 32.2 Å². The van der Waals surface area contributed by atoms with Crippen LogP contribution in [0.4, 0.5) is 23.7 Å². The summed E-state index contributed by atoms with van der Waals surface area (Å²) in [5.74, 6) is -3.60. The Morgan fingerprint density at radius 2 is 2.00 bits per heavy atom. The smallest absolute Gasteiger partial charge is 0.411 e. The lowest BCUT2D eigenvalue weighted by molar-refractivity contribution is -0.0809. The Hall–Kier alpha value is -4.76. The second-order valence-corrected chi connectivity index (χ2v) is 11.0. The predicted molar refractivity (Wildman–Crippen MR) is 154 cm³/mol. The summed E-state index contributed by atoms with van der Waals surface area (Å²) >= 11 is 1.39. The number of aryl methyl sites for hydroxylation is 1. The number of aromatic nitrogens is 4. The van der Waals surface area contributed by atoms with Crippen LogP contribution in [-0.4, -0.2) is 70.1 Å². The standard InChI is InChI=1S/C29H24F3N5O6S/c1-14-5-17(24-20(6-14)36-23(40-2)10-34-24)27-37-21-8-19(30)25-18(26(21)44-27)7-16(43-25)11-41-28(39)35-15-3-4-22(33-9-15)42-13-29(31,32)12-38/h3-6,8-10,16,38H,7,11-13H2,1-2H3,(H,35,39)/t16-/m1/s1. The third kappa shape index (κ3) is 6.01. The van der Waals surface area contributed by atoms with E-state index < -0.39 is 37.2 Å². The van der Waals surface area contributed by atoms with Gasteiger partial charge >= 0.3 is 12.0 Å². The highest BCUT2D eigenvalue weighted by Gasteiger charge is 2.31. The number of halogens is 3. The first-order chi connectivity index (χ1) is 21.1. The molecule has 0 saturated carbocycles. The van der Waals surface area contributed by atoms with E-state index in [2.05, 4.69) is 20.3 Å². The molecule has 0 spiro atoms. The summed E-state index contributed by atoms with van der Waals surface area (Å²) in [6, 6.07) is 7.84. The molecule has 0 unspecified atom stereocenters. The molecule has 1 amide bonds. The quantitative estimate of drug-likeness (QED) is 0.221. The molecular weight excluding hydrogens is 603 g/mol. The second-order valence-electron chi connectivity index (χ2n) is 9.98. The van der Waals surface area contributed by atoms with Crippen LogP contribution >= 0.6 is 11.3 Å². The Kier molecular flexibility index (Phi) is 7.82. The molecule has 5 aromatic rings. The number of fused-ring (bicyclic) bond motifs is 4. The van der Waals surface area contributed by atoms with E-state index in [0.717, 1.165) is 15.8 Å². The van der Waals surface area contributed by atoms with Crippen LogP contribution in [0.15, 0.2) is 42.7 Å². The summed E-state index contributed by atoms with van der Waals surface area (Å²) in [5, 5.41) is 11.7. The number of nitrogens with zero attached hydrogens (tertiary/aromatic N) is 4. The number of nitrogens with one attached hydrogen (secondary N) is 1. The molecule has 4 heterocycles. The molecule has 44 heavy (non-hydrogen) atoms. The molecule has 1 atom stereocenters. The van der Waals surface area contributed by atoms with Gasteiger partial charge in [-0.15, -0.1) is 11.3 Å². The number of carbonyl (C=O) groups excluding carboxylic acids is 1. The molecule has 1 aliphatic rings. The molecule has 11 nitrogen and oxygen atoms in total. The van der Waals surface area contributed by atoms with Crippen LogP contribution in [-0.2, 0) is 11.2 Å². The van der Waals surface area contributed by atoms with Gasteiger partial charge < -0.3 is 24.1 Å². The third-order valence-corrected chi connectivity index (χ3v) is 7.82. The predicted octanol–water partition coefficient (Wildman–Crippen LogP) is 5.32. The largest absolute Gasteiger partial charge is 0.483 e. The van der Waals surface area contributed by atoms with E-state index in [1.807, 2.05) is 19.1 Å². The Morgan fingerprint density at radius 3 is 2.75 bits per heavy atom. The Bertz CT molecular complexity index is 1870. The highest BCUT2D eigenvalue weighted by atomic mass is 32.1. The van der Waals surface area contributed by atoms with Gasteiger partial charge in [0.25, 0.3) is 0 Å². The zero-order valence-electron chi connectivity index (χ0n) is 23.3. The lowest BCUT2D eigenvalue weighted by Gasteiger charge is -2.14. The van der Waals surface area contributed by atoms with Gasteiger partial charge in [-0.3, -0.25) is 5.32 Å². The molecule has 6 rings (SSSR count). The number of aliphatic hydroxyl groups excluding tert-OH is 1. The number of benzene rings is 2. The van der Waals surface area contributed by atoms with Crippen molar-refractivity contribution in [3.8, 4) is 28.1 Å². The fourth-order valence-corrected chi connectivity index (χ4v) is 5.74. The van der Waals surface area contributed by atoms with Crippen LogP contribution in [0.3, 0.4) is 0 Å². The number of carbonyl (C=O) groups is 1. The van der Waals surface area contributed by atoms with Gasteiger partial charge in [-0.1, -0.05) is 0 Å². The fourth-order valence-electron chi connectivity index (χ4n) is 4.63. The summed E-state index contributed by atoms with van der Waals surface area (Å²) in [6.07, 6.45) is 1.56. The maximum Gasteiger partial charge on any atom is 0.411 e. The number of aliphatic hydroxyl groups is 1. The average Bonchev–Trinajstić information content (AvgIpc) is 3.64. The van der Waals surface area contributed by atoms with Crippen molar-refractivity contribution >= 4 is 44.4 Å². The van der Waals surface area contributed by atoms with Gasteiger partial charge in [0, 0.05) is 29.7 Å². The minimum absolute atomic E-state index is 0.0897. The van der Waals surface area contributed by atoms with Crippen LogP contribution in [0, 0.1) is 12.7 Å². The number of amides is 1. The lowest BCUT2D eigenvalue weighted by atomic mass is 10.1. The number of hydrogen-bond donors (Lipinski definition) is 2. The minimum Gasteiger partial charge on any atom is -0.483 e. The van der Waals surface area contributed by atoms with Gasteiger partial charge in [-0.05, 0) is 30.7 Å². The SMILES string of the molecule is COc1cnc2c(-c3nc4cc(F)c5c(c4s3)C[C@H](COC(=O)Nc3ccc(OCC(F)(F)CO)nc3)O5)cc(C)cc2n1. The van der Waals surface area contributed by atoms with E-state index in [1.54, 1.807) is 0 Å². The summed E-state index contributed by atoms with van der Waals surface area (Å²) in [6.45, 7) is -0.627. The van der Waals surface area contributed by atoms with E-state index in [1.165, 1.54) is 49.0 Å². The molecular formula is C29H24F3N5O6S. The number of alkyl halides is 2. The first-order valence-electron chi connectivity index (χ1n) is 13.2. The van der Waals surface area contributed by atoms with Crippen LogP contribution in [0.5, 0.6) is 17.5 Å². The summed E-state index contributed by atoms with van der Waals surface area (Å²) in [7, 11) is 1.52. The maximum atomic E-state index is 15.1. The number of hydrogen-bond acceptors (Lipinski definition) is 11. The fraction of sp³-hybridized carbons (Fsp3) is 0.276. The Morgan fingerprint density at radius 1 is 1.16 bits per heavy atom. The van der Waals surface area contributed by atoms with Crippen LogP contribution in [0.25, 0.3) is 31.8 Å². The lowest BCUT2D eigenvalue weighted by Crippen LogP contribution is -2.29. The van der Waals surface area contributed by atoms with Crippen molar-refractivity contribution in [3.05, 3.63) is 59.7 Å². The first kappa shape index (κ1) is 29.3. The number of anilines is 1. The number of pyridine rings is 1. The van der Waals surface area contributed by atoms with E-state index in [-0.39, 0.29) is 30.3 Å². The molecule has 2 N–H and O–H groups in total. The van der Waals surface area contributed by atoms with Crippen molar-refractivity contribution < 1.29 is 42.0 Å². The van der Waals surface area contributed by atoms with Crippen LogP contribution in [0.1, 0.15) is 11.1 Å². The van der Waals surface area contributed by atoms with Crippen molar-refractivity contribution in [2.24, 2.45) is 0 Å². The Balaban J connectivity index is 1.13. The van der Waals surface area contributed by atoms with E-state index in [9.17, 15) is 13.6 Å². The molecule has 0 bridgehead atoms. The van der Waals surface area contributed by atoms with Crippen molar-refractivity contribution in [1.82, 2.24) is 19.9 Å². The summed E-state index contributed by atoms with van der Waals surface area (Å²) in [5.41, 5.74) is 4.33. The monoisotopic (exact) mass is 627 g/mol. The van der Waals surface area contributed by atoms with Gasteiger partial charge in [0.1, 0.15) is 24.3 Å². The summed E-state index contributed by atoms with van der Waals surface area (Å²) < 4.78 is 63.2. The van der Waals surface area contributed by atoms with Crippen molar-refractivity contribution in [3.63, 3.8) is 0 Å². The number of methoxy groups -OCH3 is 1. The van der Waals surface area contributed by atoms with E-state index >= 15 is 4.39 Å². The van der Waals surface area contributed by atoms with Crippen LogP contribution < -0.4 is 19.5 Å². The molecule has 0 saturated heterocycles. The maximum absolute atomic E-state index is 15.1. The molecule has 1 aliphatic heterocycles. The van der Waals surface area contributed by atoms with Crippen molar-refractivity contribution in [2.45, 2.75) is 25.4 Å².